The third kappa shape index (κ3) is 1.78. The van der Waals surface area contributed by atoms with Gasteiger partial charge in [-0.15, -0.1) is 0 Å². The highest BCUT2D eigenvalue weighted by molar-refractivity contribution is 5.12. The highest BCUT2D eigenvalue weighted by atomic mass is 16.5. The number of nitrogens with zero attached hydrogens (tertiary/aromatic N) is 2. The molecule has 0 aromatic carbocycles. The number of rotatable bonds is 4. The average molecular weight is 247 g/mol. The zero-order valence-electron chi connectivity index (χ0n) is 10.8. The summed E-state index contributed by atoms with van der Waals surface area (Å²) in [6.07, 6.45) is 9.75. The van der Waals surface area contributed by atoms with Crippen molar-refractivity contribution >= 4 is 0 Å². The smallest absolute Gasteiger partial charge is 0.230 e. The Balaban J connectivity index is 1.60. The van der Waals surface area contributed by atoms with Crippen LogP contribution in [-0.4, -0.2) is 10.1 Å². The molecule has 0 unspecified atom stereocenters. The molecule has 0 bridgehead atoms. The third-order valence-electron chi connectivity index (χ3n) is 4.93. The summed E-state index contributed by atoms with van der Waals surface area (Å²) in [5, 5.41) is 4.20. The van der Waals surface area contributed by atoms with Gasteiger partial charge in [0.15, 0.2) is 5.82 Å². The lowest BCUT2D eigenvalue weighted by molar-refractivity contribution is 0.314. The van der Waals surface area contributed by atoms with Crippen LogP contribution in [-0.2, 0) is 5.54 Å². The summed E-state index contributed by atoms with van der Waals surface area (Å²) in [7, 11) is 0. The van der Waals surface area contributed by atoms with Gasteiger partial charge in [-0.05, 0) is 50.4 Å². The number of aromatic nitrogens is 2. The monoisotopic (exact) mass is 247 g/mol. The van der Waals surface area contributed by atoms with Crippen LogP contribution in [0.1, 0.15) is 69.0 Å². The van der Waals surface area contributed by atoms with E-state index in [1.165, 1.54) is 38.5 Å². The van der Waals surface area contributed by atoms with Crippen LogP contribution >= 0.6 is 0 Å². The summed E-state index contributed by atoms with van der Waals surface area (Å²) in [6.45, 7) is 0. The van der Waals surface area contributed by atoms with Crippen molar-refractivity contribution in [1.29, 1.82) is 0 Å². The molecule has 0 radical (unpaired) electrons. The van der Waals surface area contributed by atoms with Crippen molar-refractivity contribution in [3.05, 3.63) is 11.7 Å². The molecule has 1 aromatic rings. The quantitative estimate of drug-likeness (QED) is 0.888. The predicted octanol–water partition coefficient (Wildman–Crippen LogP) is 2.70. The van der Waals surface area contributed by atoms with Crippen LogP contribution in [0.15, 0.2) is 4.52 Å². The van der Waals surface area contributed by atoms with Crippen LogP contribution in [0.2, 0.25) is 0 Å². The van der Waals surface area contributed by atoms with Crippen LogP contribution in [0.3, 0.4) is 0 Å². The molecule has 98 valence electrons. The van der Waals surface area contributed by atoms with Crippen molar-refractivity contribution in [3.63, 3.8) is 0 Å². The second-order valence-electron chi connectivity index (χ2n) is 6.52. The van der Waals surface area contributed by atoms with Gasteiger partial charge in [-0.3, -0.25) is 0 Å². The molecule has 0 saturated heterocycles. The van der Waals surface area contributed by atoms with Gasteiger partial charge in [-0.25, -0.2) is 0 Å². The maximum Gasteiger partial charge on any atom is 0.230 e. The lowest BCUT2D eigenvalue weighted by atomic mass is 9.96. The van der Waals surface area contributed by atoms with Gasteiger partial charge in [-0.1, -0.05) is 18.0 Å². The molecule has 0 amide bonds. The number of hydrogen-bond donors (Lipinski definition) is 1. The van der Waals surface area contributed by atoms with E-state index >= 15 is 0 Å². The Kier molecular flexibility index (Phi) is 2.31. The Hall–Kier alpha value is -0.900. The summed E-state index contributed by atoms with van der Waals surface area (Å²) >= 11 is 0. The summed E-state index contributed by atoms with van der Waals surface area (Å²) < 4.78 is 5.57. The second-order valence-corrected chi connectivity index (χ2v) is 6.52. The molecular formula is C14H21N3O. The average Bonchev–Trinajstić information content (AvgIpc) is 3.26. The Morgan fingerprint density at radius 1 is 1.11 bits per heavy atom. The zero-order valence-corrected chi connectivity index (χ0v) is 10.8. The molecule has 3 saturated carbocycles. The van der Waals surface area contributed by atoms with E-state index in [4.69, 9.17) is 10.3 Å². The largest absolute Gasteiger partial charge is 0.339 e. The minimum absolute atomic E-state index is 0.306. The summed E-state index contributed by atoms with van der Waals surface area (Å²) in [5.41, 5.74) is 6.09. The van der Waals surface area contributed by atoms with Crippen LogP contribution in [0.25, 0.3) is 0 Å². The molecule has 0 aliphatic heterocycles. The molecule has 2 N–H and O–H groups in total. The van der Waals surface area contributed by atoms with Crippen LogP contribution in [0.5, 0.6) is 0 Å². The Labute approximate surface area is 107 Å². The molecule has 4 rings (SSSR count). The minimum atomic E-state index is -0.306. The highest BCUT2D eigenvalue weighted by Gasteiger charge is 2.46. The van der Waals surface area contributed by atoms with Gasteiger partial charge in [-0.2, -0.15) is 4.98 Å². The van der Waals surface area contributed by atoms with Crippen molar-refractivity contribution in [2.24, 2.45) is 17.6 Å². The van der Waals surface area contributed by atoms with Crippen molar-refractivity contribution in [2.75, 3.05) is 0 Å². The first-order valence-electron chi connectivity index (χ1n) is 7.39. The first-order chi connectivity index (χ1) is 8.76. The molecule has 4 nitrogen and oxygen atoms in total. The Bertz CT molecular complexity index is 430. The van der Waals surface area contributed by atoms with Gasteiger partial charge in [0.2, 0.25) is 5.89 Å². The molecule has 18 heavy (non-hydrogen) atoms. The lowest BCUT2D eigenvalue weighted by Gasteiger charge is -2.18. The normalized spacial score (nSPS) is 27.0. The van der Waals surface area contributed by atoms with Crippen molar-refractivity contribution in [2.45, 2.75) is 62.8 Å². The van der Waals surface area contributed by atoms with E-state index in [0.29, 0.717) is 5.92 Å². The van der Waals surface area contributed by atoms with E-state index < -0.39 is 0 Å². The lowest BCUT2D eigenvalue weighted by Crippen LogP contribution is -2.34. The topological polar surface area (TPSA) is 64.9 Å². The van der Waals surface area contributed by atoms with Gasteiger partial charge in [0.05, 0.1) is 5.54 Å². The third-order valence-corrected chi connectivity index (χ3v) is 4.93. The van der Waals surface area contributed by atoms with E-state index in [2.05, 4.69) is 10.1 Å². The number of nitrogens with two attached hydrogens (primary N) is 1. The summed E-state index contributed by atoms with van der Waals surface area (Å²) in [5.74, 6) is 3.80. The molecular weight excluding hydrogens is 226 g/mol. The maximum atomic E-state index is 6.39. The molecule has 0 atom stereocenters. The van der Waals surface area contributed by atoms with Crippen molar-refractivity contribution in [1.82, 2.24) is 10.1 Å². The van der Waals surface area contributed by atoms with E-state index in [9.17, 15) is 0 Å². The number of hydrogen-bond acceptors (Lipinski definition) is 4. The van der Waals surface area contributed by atoms with Gasteiger partial charge in [0.25, 0.3) is 0 Å². The van der Waals surface area contributed by atoms with Gasteiger partial charge >= 0.3 is 0 Å². The molecule has 1 heterocycles. The predicted molar refractivity (Wildman–Crippen MR) is 66.8 cm³/mol. The van der Waals surface area contributed by atoms with E-state index in [0.717, 1.165) is 36.4 Å². The second kappa shape index (κ2) is 3.80. The summed E-state index contributed by atoms with van der Waals surface area (Å²) in [4.78, 5) is 4.68. The van der Waals surface area contributed by atoms with Crippen molar-refractivity contribution < 1.29 is 4.52 Å². The van der Waals surface area contributed by atoms with Gasteiger partial charge in [0, 0.05) is 5.92 Å². The van der Waals surface area contributed by atoms with Crippen LogP contribution < -0.4 is 5.73 Å². The summed E-state index contributed by atoms with van der Waals surface area (Å²) in [6, 6.07) is 0. The van der Waals surface area contributed by atoms with Crippen molar-refractivity contribution in [3.8, 4) is 0 Å². The van der Waals surface area contributed by atoms with Crippen LogP contribution in [0.4, 0.5) is 0 Å². The molecule has 1 aromatic heterocycles. The first-order valence-corrected chi connectivity index (χ1v) is 7.39. The van der Waals surface area contributed by atoms with Gasteiger partial charge < -0.3 is 10.3 Å². The fraction of sp³-hybridized carbons (Fsp3) is 0.857. The molecule has 3 aliphatic carbocycles. The van der Waals surface area contributed by atoms with E-state index in [1.807, 2.05) is 0 Å². The van der Waals surface area contributed by atoms with E-state index in [-0.39, 0.29) is 5.54 Å². The SMILES string of the molecule is NC1(c2noc(C(C3CC3)C3CC3)n2)CCCC1. The van der Waals surface area contributed by atoms with E-state index in [1.54, 1.807) is 0 Å². The van der Waals surface area contributed by atoms with Crippen LogP contribution in [0, 0.1) is 11.8 Å². The Morgan fingerprint density at radius 3 is 2.28 bits per heavy atom. The molecule has 3 fully saturated rings. The molecule has 4 heteroatoms. The fourth-order valence-electron chi connectivity index (χ4n) is 3.50. The van der Waals surface area contributed by atoms with Gasteiger partial charge in [0.1, 0.15) is 0 Å². The fourth-order valence-corrected chi connectivity index (χ4v) is 3.50. The molecule has 0 spiro atoms. The first kappa shape index (κ1) is 11.0. The standard InChI is InChI=1S/C14H21N3O/c15-14(7-1-2-8-14)13-16-12(18-17-13)11(9-3-4-9)10-5-6-10/h9-11H,1-8,15H2. The highest BCUT2D eigenvalue weighted by Crippen LogP contribution is 2.54. The maximum absolute atomic E-state index is 6.39. The molecule has 3 aliphatic rings. The zero-order chi connectivity index (χ0) is 12.2. The Morgan fingerprint density at radius 2 is 1.72 bits per heavy atom. The minimum Gasteiger partial charge on any atom is -0.339 e.